The van der Waals surface area contributed by atoms with E-state index < -0.39 is 5.97 Å². The van der Waals surface area contributed by atoms with Gasteiger partial charge >= 0.3 is 5.97 Å². The summed E-state index contributed by atoms with van der Waals surface area (Å²) in [4.78, 5) is 13.5. The lowest BCUT2D eigenvalue weighted by molar-refractivity contribution is 0.0691. The maximum absolute atomic E-state index is 10.7. The number of nitrogens with one attached hydrogen (secondary N) is 1. The minimum atomic E-state index is -0.942. The minimum absolute atomic E-state index is 0.0284. The molecule has 1 aliphatic carbocycles. The third-order valence-corrected chi connectivity index (χ3v) is 2.38. The first kappa shape index (κ1) is 9.02. The van der Waals surface area contributed by atoms with Crippen molar-refractivity contribution in [3.63, 3.8) is 0 Å². The van der Waals surface area contributed by atoms with Gasteiger partial charge in [-0.1, -0.05) is 6.08 Å². The molecule has 0 fully saturated rings. The first-order chi connectivity index (χ1) is 6.72. The number of carbonyl (C=O) groups is 1. The molecule has 1 unspecified atom stereocenters. The zero-order valence-corrected chi connectivity index (χ0v) is 7.78. The van der Waals surface area contributed by atoms with Crippen molar-refractivity contribution in [1.82, 2.24) is 4.98 Å². The van der Waals surface area contributed by atoms with E-state index in [1.54, 1.807) is 13.2 Å². The van der Waals surface area contributed by atoms with Gasteiger partial charge in [0.2, 0.25) is 0 Å². The number of carboxylic acids is 1. The Kier molecular flexibility index (Phi) is 2.13. The van der Waals surface area contributed by atoms with Crippen molar-refractivity contribution in [2.75, 3.05) is 7.11 Å². The molecule has 14 heavy (non-hydrogen) atoms. The second kappa shape index (κ2) is 3.31. The molecule has 1 aromatic heterocycles. The highest BCUT2D eigenvalue weighted by atomic mass is 16.5. The highest BCUT2D eigenvalue weighted by molar-refractivity contribution is 5.86. The van der Waals surface area contributed by atoms with E-state index in [1.165, 1.54) is 0 Å². The molecule has 0 radical (unpaired) electrons. The van der Waals surface area contributed by atoms with E-state index in [0.717, 1.165) is 17.7 Å². The van der Waals surface area contributed by atoms with Crippen LogP contribution in [0.15, 0.2) is 12.1 Å². The molecule has 0 saturated heterocycles. The number of methoxy groups -OCH3 is 1. The van der Waals surface area contributed by atoms with Crippen LogP contribution in [0.2, 0.25) is 0 Å². The average Bonchev–Trinajstić information content (AvgIpc) is 2.60. The molecule has 1 aliphatic rings. The van der Waals surface area contributed by atoms with Crippen molar-refractivity contribution in [2.45, 2.75) is 12.5 Å². The predicted octanol–water partition coefficient (Wildman–Crippen LogP) is 1.82. The van der Waals surface area contributed by atoms with Crippen LogP contribution in [0.4, 0.5) is 0 Å². The number of aromatic amines is 1. The van der Waals surface area contributed by atoms with Crippen molar-refractivity contribution in [2.24, 2.45) is 0 Å². The average molecular weight is 193 g/mol. The molecule has 0 saturated carbocycles. The van der Waals surface area contributed by atoms with E-state index >= 15 is 0 Å². The van der Waals surface area contributed by atoms with Gasteiger partial charge in [0, 0.05) is 18.4 Å². The summed E-state index contributed by atoms with van der Waals surface area (Å²) in [6.07, 6.45) is 4.62. The first-order valence-electron chi connectivity index (χ1n) is 4.38. The molecule has 2 rings (SSSR count). The quantitative estimate of drug-likeness (QED) is 0.753. The Hall–Kier alpha value is -1.55. The fraction of sp³-hybridized carbons (Fsp3) is 0.300. The maximum atomic E-state index is 10.7. The summed E-state index contributed by atoms with van der Waals surface area (Å²) < 4.78 is 5.25. The molecule has 0 bridgehead atoms. The molecule has 2 N–H and O–H groups in total. The normalized spacial score (nSPS) is 19.4. The monoisotopic (exact) mass is 193 g/mol. The third kappa shape index (κ3) is 1.33. The third-order valence-electron chi connectivity index (χ3n) is 2.38. The second-order valence-electron chi connectivity index (χ2n) is 3.22. The van der Waals surface area contributed by atoms with Crippen LogP contribution in [0.25, 0.3) is 6.08 Å². The Labute approximate surface area is 81.2 Å². The number of aromatic nitrogens is 1. The van der Waals surface area contributed by atoms with Gasteiger partial charge < -0.3 is 14.8 Å². The van der Waals surface area contributed by atoms with E-state index in [2.05, 4.69) is 4.98 Å². The highest BCUT2D eigenvalue weighted by Crippen LogP contribution is 2.30. The van der Waals surface area contributed by atoms with Gasteiger partial charge in [-0.25, -0.2) is 4.79 Å². The Morgan fingerprint density at radius 2 is 2.50 bits per heavy atom. The van der Waals surface area contributed by atoms with Crippen LogP contribution in [0.3, 0.4) is 0 Å². The molecule has 4 nitrogen and oxygen atoms in total. The summed E-state index contributed by atoms with van der Waals surface area (Å²) in [6.45, 7) is 0. The molecule has 0 spiro atoms. The SMILES string of the molecule is COC1CC=Cc2[nH]c(C(=O)O)cc21. The van der Waals surface area contributed by atoms with Crippen LogP contribution < -0.4 is 0 Å². The lowest BCUT2D eigenvalue weighted by atomic mass is 10.0. The largest absolute Gasteiger partial charge is 0.477 e. The lowest BCUT2D eigenvalue weighted by Crippen LogP contribution is -2.03. The van der Waals surface area contributed by atoms with Crippen molar-refractivity contribution in [3.8, 4) is 0 Å². The van der Waals surface area contributed by atoms with Crippen LogP contribution >= 0.6 is 0 Å². The summed E-state index contributed by atoms with van der Waals surface area (Å²) in [5.74, 6) is -0.942. The van der Waals surface area contributed by atoms with Crippen LogP contribution in [0, 0.1) is 0 Å². The topological polar surface area (TPSA) is 62.3 Å². The van der Waals surface area contributed by atoms with Crippen LogP contribution in [0.1, 0.15) is 34.3 Å². The standard InChI is InChI=1S/C10H11NO3/c1-14-9-4-2-3-7-6(9)5-8(11-7)10(12)13/h2-3,5,9,11H,4H2,1H3,(H,12,13). The Bertz CT molecular complexity index is 392. The lowest BCUT2D eigenvalue weighted by Gasteiger charge is -2.16. The Balaban J connectivity index is 2.44. The Morgan fingerprint density at radius 3 is 3.14 bits per heavy atom. The second-order valence-corrected chi connectivity index (χ2v) is 3.22. The molecule has 0 aliphatic heterocycles. The summed E-state index contributed by atoms with van der Waals surface area (Å²) in [6, 6.07) is 1.63. The van der Waals surface area contributed by atoms with E-state index in [-0.39, 0.29) is 11.8 Å². The molecule has 0 aromatic carbocycles. The highest BCUT2D eigenvalue weighted by Gasteiger charge is 2.20. The molecule has 0 amide bonds. The van der Waals surface area contributed by atoms with Gasteiger partial charge in [0.25, 0.3) is 0 Å². The van der Waals surface area contributed by atoms with Crippen molar-refractivity contribution in [3.05, 3.63) is 29.1 Å². The number of H-pyrrole nitrogens is 1. The van der Waals surface area contributed by atoms with Crippen LogP contribution in [-0.4, -0.2) is 23.2 Å². The van der Waals surface area contributed by atoms with E-state index in [1.807, 2.05) is 12.2 Å². The van der Waals surface area contributed by atoms with Gasteiger partial charge in [0.1, 0.15) is 5.69 Å². The molecule has 74 valence electrons. The zero-order chi connectivity index (χ0) is 10.1. The van der Waals surface area contributed by atoms with E-state index in [4.69, 9.17) is 9.84 Å². The van der Waals surface area contributed by atoms with Gasteiger partial charge in [-0.3, -0.25) is 0 Å². The molecular weight excluding hydrogens is 182 g/mol. The molecule has 4 heteroatoms. The molecular formula is C10H11NO3. The van der Waals surface area contributed by atoms with E-state index in [0.29, 0.717) is 0 Å². The number of carboxylic acid groups (broad SMARTS) is 1. The number of aromatic carboxylic acids is 1. The van der Waals surface area contributed by atoms with Gasteiger partial charge in [-0.05, 0) is 18.6 Å². The van der Waals surface area contributed by atoms with Gasteiger partial charge in [-0.15, -0.1) is 0 Å². The fourth-order valence-corrected chi connectivity index (χ4v) is 1.67. The fourth-order valence-electron chi connectivity index (χ4n) is 1.67. The summed E-state index contributed by atoms with van der Waals surface area (Å²) in [7, 11) is 1.63. The summed E-state index contributed by atoms with van der Waals surface area (Å²) >= 11 is 0. The van der Waals surface area contributed by atoms with Gasteiger partial charge in [0.05, 0.1) is 6.10 Å². The molecule has 1 aromatic rings. The minimum Gasteiger partial charge on any atom is -0.477 e. The first-order valence-corrected chi connectivity index (χ1v) is 4.38. The molecule has 1 heterocycles. The predicted molar refractivity (Wildman–Crippen MR) is 51.2 cm³/mol. The van der Waals surface area contributed by atoms with E-state index in [9.17, 15) is 4.79 Å². The smallest absolute Gasteiger partial charge is 0.352 e. The number of fused-ring (bicyclic) bond motifs is 1. The number of hydrogen-bond acceptors (Lipinski definition) is 2. The van der Waals surface area contributed by atoms with Crippen molar-refractivity contribution in [1.29, 1.82) is 0 Å². The number of ether oxygens (including phenoxy) is 1. The summed E-state index contributed by atoms with van der Waals surface area (Å²) in [5, 5.41) is 8.80. The van der Waals surface area contributed by atoms with Crippen molar-refractivity contribution >= 4 is 12.0 Å². The number of hydrogen-bond donors (Lipinski definition) is 2. The Morgan fingerprint density at radius 1 is 1.71 bits per heavy atom. The van der Waals surface area contributed by atoms with Crippen LogP contribution in [-0.2, 0) is 4.74 Å². The number of rotatable bonds is 2. The molecule has 1 atom stereocenters. The van der Waals surface area contributed by atoms with Crippen LogP contribution in [0.5, 0.6) is 0 Å². The maximum Gasteiger partial charge on any atom is 0.352 e. The summed E-state index contributed by atoms with van der Waals surface area (Å²) in [5.41, 5.74) is 1.97. The van der Waals surface area contributed by atoms with Crippen molar-refractivity contribution < 1.29 is 14.6 Å². The van der Waals surface area contributed by atoms with Gasteiger partial charge in [0.15, 0.2) is 0 Å². The zero-order valence-electron chi connectivity index (χ0n) is 7.78. The van der Waals surface area contributed by atoms with Gasteiger partial charge in [-0.2, -0.15) is 0 Å².